The van der Waals surface area contributed by atoms with Crippen LogP contribution in [0.4, 0.5) is 5.82 Å². The second-order valence-corrected chi connectivity index (χ2v) is 6.72. The Balaban J connectivity index is 1.64. The number of fused-ring (bicyclic) bond motifs is 1. The number of hydrogen-bond donors (Lipinski definition) is 2. The van der Waals surface area contributed by atoms with Crippen molar-refractivity contribution in [3.05, 3.63) is 36.4 Å². The van der Waals surface area contributed by atoms with Crippen LogP contribution >= 0.6 is 11.3 Å². The number of aromatic nitrogens is 2. The summed E-state index contributed by atoms with van der Waals surface area (Å²) in [5, 5.41) is 8.93. The number of H-pyrrole nitrogens is 1. The summed E-state index contributed by atoms with van der Waals surface area (Å²) in [4.78, 5) is 3.51. The Labute approximate surface area is 127 Å². The van der Waals surface area contributed by atoms with Gasteiger partial charge in [0.05, 0.1) is 10.6 Å². The van der Waals surface area contributed by atoms with E-state index in [1.165, 1.54) is 15.0 Å². The summed E-state index contributed by atoms with van der Waals surface area (Å²) in [6, 6.07) is 13.1. The molecular formula is C16H18N4S. The molecule has 0 saturated carbocycles. The molecule has 0 bridgehead atoms. The van der Waals surface area contributed by atoms with Crippen molar-refractivity contribution in [2.45, 2.75) is 18.9 Å². The van der Waals surface area contributed by atoms with Gasteiger partial charge in [0.15, 0.2) is 5.82 Å². The maximum Gasteiger partial charge on any atom is 0.151 e. The van der Waals surface area contributed by atoms with Crippen LogP contribution in [0.1, 0.15) is 12.8 Å². The molecule has 108 valence electrons. The monoisotopic (exact) mass is 298 g/mol. The zero-order valence-corrected chi connectivity index (χ0v) is 12.6. The first kappa shape index (κ1) is 12.9. The summed E-state index contributed by atoms with van der Waals surface area (Å²) < 4.78 is 1.31. The summed E-state index contributed by atoms with van der Waals surface area (Å²) in [7, 11) is 0. The average Bonchev–Trinajstić information content (AvgIpc) is 3.14. The molecule has 0 amide bonds. The van der Waals surface area contributed by atoms with Crippen LogP contribution in [0, 0.1) is 0 Å². The highest BCUT2D eigenvalue weighted by Gasteiger charge is 2.19. The fourth-order valence-corrected chi connectivity index (χ4v) is 3.96. The largest absolute Gasteiger partial charge is 0.354 e. The minimum absolute atomic E-state index is 0.267. The van der Waals surface area contributed by atoms with Gasteiger partial charge in [-0.25, -0.2) is 0 Å². The van der Waals surface area contributed by atoms with Crippen LogP contribution in [0.15, 0.2) is 36.4 Å². The van der Waals surface area contributed by atoms with Gasteiger partial charge in [-0.3, -0.25) is 5.10 Å². The number of thiophene rings is 1. The highest BCUT2D eigenvalue weighted by molar-refractivity contribution is 7.22. The van der Waals surface area contributed by atoms with Gasteiger partial charge in [0.2, 0.25) is 0 Å². The van der Waals surface area contributed by atoms with Gasteiger partial charge in [0.1, 0.15) is 0 Å². The molecule has 0 spiro atoms. The number of benzene rings is 1. The van der Waals surface area contributed by atoms with Crippen molar-refractivity contribution < 1.29 is 0 Å². The summed E-state index contributed by atoms with van der Waals surface area (Å²) in [6.07, 6.45) is 2.26. The standard InChI is InChI=1S/C16H18N4S/c17-12-5-3-7-20(10-12)16-9-13(18-19-16)15-8-11-4-1-2-6-14(11)21-15/h1-2,4,6,8-9,12H,3,5,7,10,17H2,(H,18,19). The number of rotatable bonds is 2. The number of hydrogen-bond acceptors (Lipinski definition) is 4. The van der Waals surface area contributed by atoms with Gasteiger partial charge in [-0.15, -0.1) is 11.3 Å². The molecule has 0 aliphatic carbocycles. The fourth-order valence-electron chi connectivity index (χ4n) is 2.93. The van der Waals surface area contributed by atoms with E-state index in [2.05, 4.69) is 51.5 Å². The molecule has 1 unspecified atom stereocenters. The lowest BCUT2D eigenvalue weighted by Gasteiger charge is -2.30. The van der Waals surface area contributed by atoms with Crippen LogP contribution in [0.5, 0.6) is 0 Å². The molecule has 1 aliphatic heterocycles. The van der Waals surface area contributed by atoms with E-state index >= 15 is 0 Å². The van der Waals surface area contributed by atoms with Crippen molar-refractivity contribution in [1.29, 1.82) is 0 Å². The van der Waals surface area contributed by atoms with Gasteiger partial charge in [-0.05, 0) is 30.4 Å². The normalized spacial score (nSPS) is 19.3. The molecule has 1 aromatic carbocycles. The van der Waals surface area contributed by atoms with E-state index in [0.717, 1.165) is 37.4 Å². The van der Waals surface area contributed by atoms with Crippen LogP contribution in [0.2, 0.25) is 0 Å². The quantitative estimate of drug-likeness (QED) is 0.763. The summed E-state index contributed by atoms with van der Waals surface area (Å²) >= 11 is 1.80. The Hall–Kier alpha value is -1.85. The van der Waals surface area contributed by atoms with E-state index in [4.69, 9.17) is 5.73 Å². The van der Waals surface area contributed by atoms with Crippen molar-refractivity contribution in [3.63, 3.8) is 0 Å². The van der Waals surface area contributed by atoms with Crippen molar-refractivity contribution in [3.8, 4) is 10.6 Å². The molecule has 3 N–H and O–H groups in total. The maximum absolute atomic E-state index is 6.05. The van der Waals surface area contributed by atoms with E-state index in [0.29, 0.717) is 0 Å². The Bertz CT molecular complexity index is 727. The first-order valence-corrected chi connectivity index (χ1v) is 8.16. The third-order valence-electron chi connectivity index (χ3n) is 4.04. The Kier molecular flexibility index (Phi) is 3.16. The zero-order valence-electron chi connectivity index (χ0n) is 11.7. The Morgan fingerprint density at radius 3 is 3.05 bits per heavy atom. The molecule has 0 radical (unpaired) electrons. The van der Waals surface area contributed by atoms with E-state index in [9.17, 15) is 0 Å². The second kappa shape index (κ2) is 5.16. The second-order valence-electron chi connectivity index (χ2n) is 5.64. The molecule has 5 heteroatoms. The third kappa shape index (κ3) is 2.43. The van der Waals surface area contributed by atoms with Crippen molar-refractivity contribution in [1.82, 2.24) is 10.2 Å². The van der Waals surface area contributed by atoms with Gasteiger partial charge in [0.25, 0.3) is 0 Å². The number of aromatic amines is 1. The minimum atomic E-state index is 0.267. The van der Waals surface area contributed by atoms with Gasteiger partial charge < -0.3 is 10.6 Å². The SMILES string of the molecule is NC1CCCN(c2cc(-c3cc4ccccc4s3)[nH]n2)C1. The molecule has 4 rings (SSSR count). The molecule has 4 nitrogen and oxygen atoms in total. The van der Waals surface area contributed by atoms with Gasteiger partial charge in [0, 0.05) is 29.9 Å². The van der Waals surface area contributed by atoms with Gasteiger partial charge in [-0.2, -0.15) is 5.10 Å². The maximum atomic E-state index is 6.05. The van der Waals surface area contributed by atoms with E-state index in [1.54, 1.807) is 11.3 Å². The lowest BCUT2D eigenvalue weighted by Crippen LogP contribution is -2.43. The number of piperidine rings is 1. The fraction of sp³-hybridized carbons (Fsp3) is 0.312. The predicted molar refractivity (Wildman–Crippen MR) is 88.8 cm³/mol. The molecule has 3 aromatic rings. The molecule has 1 atom stereocenters. The number of anilines is 1. The lowest BCUT2D eigenvalue weighted by molar-refractivity contribution is 0.503. The number of nitrogens with two attached hydrogens (primary N) is 1. The van der Waals surface area contributed by atoms with Crippen LogP contribution < -0.4 is 10.6 Å². The van der Waals surface area contributed by atoms with E-state index in [1.807, 2.05) is 0 Å². The minimum Gasteiger partial charge on any atom is -0.354 e. The van der Waals surface area contributed by atoms with Gasteiger partial charge >= 0.3 is 0 Å². The van der Waals surface area contributed by atoms with E-state index < -0.39 is 0 Å². The molecule has 21 heavy (non-hydrogen) atoms. The summed E-state index contributed by atoms with van der Waals surface area (Å²) in [6.45, 7) is 1.95. The van der Waals surface area contributed by atoms with Crippen molar-refractivity contribution in [2.75, 3.05) is 18.0 Å². The van der Waals surface area contributed by atoms with Crippen LogP contribution in [-0.2, 0) is 0 Å². The third-order valence-corrected chi connectivity index (χ3v) is 5.19. The summed E-state index contributed by atoms with van der Waals surface area (Å²) in [5.41, 5.74) is 7.14. The molecule has 2 aromatic heterocycles. The lowest BCUT2D eigenvalue weighted by atomic mass is 10.1. The average molecular weight is 298 g/mol. The van der Waals surface area contributed by atoms with Crippen molar-refractivity contribution >= 4 is 27.2 Å². The Morgan fingerprint density at radius 2 is 2.19 bits per heavy atom. The van der Waals surface area contributed by atoms with Gasteiger partial charge in [-0.1, -0.05) is 18.2 Å². The molecule has 1 aliphatic rings. The van der Waals surface area contributed by atoms with Crippen molar-refractivity contribution in [2.24, 2.45) is 5.73 Å². The topological polar surface area (TPSA) is 57.9 Å². The Morgan fingerprint density at radius 1 is 1.29 bits per heavy atom. The number of nitrogens with zero attached hydrogens (tertiary/aromatic N) is 2. The zero-order chi connectivity index (χ0) is 14.2. The molecule has 3 heterocycles. The van der Waals surface area contributed by atoms with E-state index in [-0.39, 0.29) is 6.04 Å². The van der Waals surface area contributed by atoms with Crippen LogP contribution in [0.25, 0.3) is 20.7 Å². The molecule has 1 fully saturated rings. The first-order valence-electron chi connectivity index (χ1n) is 7.34. The summed E-state index contributed by atoms with van der Waals surface area (Å²) in [5.74, 6) is 1.01. The van der Waals surface area contributed by atoms with Crippen LogP contribution in [0.3, 0.4) is 0 Å². The highest BCUT2D eigenvalue weighted by Crippen LogP contribution is 2.33. The smallest absolute Gasteiger partial charge is 0.151 e. The molecular weight excluding hydrogens is 280 g/mol. The highest BCUT2D eigenvalue weighted by atomic mass is 32.1. The molecule has 1 saturated heterocycles. The first-order chi connectivity index (χ1) is 10.3. The number of nitrogens with one attached hydrogen (secondary N) is 1. The van der Waals surface area contributed by atoms with Crippen LogP contribution in [-0.4, -0.2) is 29.3 Å². The predicted octanol–water partition coefficient (Wildman–Crippen LogP) is 3.22.